The maximum Gasteiger partial charge on any atom is 0.573 e. The molecule has 2 aromatic rings. The molecule has 1 aliphatic rings. The van der Waals surface area contributed by atoms with Crippen LogP contribution < -0.4 is 10.1 Å². The first kappa shape index (κ1) is 20.4. The third kappa shape index (κ3) is 5.85. The van der Waals surface area contributed by atoms with Crippen LogP contribution >= 0.6 is 11.8 Å². The number of nitrogens with zero attached hydrogens (tertiary/aromatic N) is 4. The van der Waals surface area contributed by atoms with Gasteiger partial charge in [-0.25, -0.2) is 4.68 Å². The predicted octanol–water partition coefficient (Wildman–Crippen LogP) is 3.49. The monoisotopic (exact) mass is 415 g/mol. The fourth-order valence-corrected chi connectivity index (χ4v) is 3.86. The number of hydrogen-bond donors (Lipinski definition) is 1. The molecule has 1 aromatic heterocycles. The number of ether oxygens (including phenoxy) is 1. The summed E-state index contributed by atoms with van der Waals surface area (Å²) < 4.78 is 43.1. The highest BCUT2D eigenvalue weighted by Gasteiger charge is 2.32. The lowest BCUT2D eigenvalue weighted by molar-refractivity contribution is -0.274. The average molecular weight is 415 g/mol. The van der Waals surface area contributed by atoms with Gasteiger partial charge in [0.25, 0.3) is 0 Å². The zero-order valence-electron chi connectivity index (χ0n) is 15.0. The summed E-state index contributed by atoms with van der Waals surface area (Å²) in [5.74, 6) is -0.593. The Morgan fingerprint density at radius 3 is 2.75 bits per heavy atom. The topological polar surface area (TPSA) is 81.9 Å². The quantitative estimate of drug-likeness (QED) is 0.698. The number of amides is 1. The molecule has 0 radical (unpaired) electrons. The normalized spacial score (nSPS) is 15.4. The summed E-state index contributed by atoms with van der Waals surface area (Å²) in [4.78, 5) is 12.1. The van der Waals surface area contributed by atoms with Gasteiger partial charge in [-0.05, 0) is 29.3 Å². The van der Waals surface area contributed by atoms with Gasteiger partial charge >= 0.3 is 6.36 Å². The van der Waals surface area contributed by atoms with Crippen molar-refractivity contribution in [3.05, 3.63) is 29.8 Å². The van der Waals surface area contributed by atoms with Crippen molar-refractivity contribution in [2.45, 2.75) is 56.2 Å². The van der Waals surface area contributed by atoms with Crippen LogP contribution in [-0.4, -0.2) is 38.2 Å². The highest BCUT2D eigenvalue weighted by atomic mass is 32.2. The molecular weight excluding hydrogens is 395 g/mol. The summed E-state index contributed by atoms with van der Waals surface area (Å²) in [6.07, 6.45) is 0.722. The van der Waals surface area contributed by atoms with E-state index in [-0.39, 0.29) is 35.6 Å². The van der Waals surface area contributed by atoms with Gasteiger partial charge in [0.1, 0.15) is 5.75 Å². The van der Waals surface area contributed by atoms with E-state index >= 15 is 0 Å². The SMILES string of the molecule is O=C(CSc1nnnn1C1CCCCC1)NCc1ccccc1OC(F)(F)F. The maximum atomic E-state index is 12.5. The van der Waals surface area contributed by atoms with Crippen molar-refractivity contribution >= 4 is 17.7 Å². The number of aromatic nitrogens is 4. The molecule has 0 spiro atoms. The molecule has 1 N–H and O–H groups in total. The fraction of sp³-hybridized carbons (Fsp3) is 0.529. The van der Waals surface area contributed by atoms with Gasteiger partial charge in [-0.1, -0.05) is 49.2 Å². The minimum atomic E-state index is -4.79. The van der Waals surface area contributed by atoms with Crippen molar-refractivity contribution in [1.29, 1.82) is 0 Å². The molecule has 1 heterocycles. The number of rotatable bonds is 7. The number of para-hydroxylation sites is 1. The lowest BCUT2D eigenvalue weighted by Crippen LogP contribution is -2.26. The third-order valence-electron chi connectivity index (χ3n) is 4.39. The Morgan fingerprint density at radius 1 is 1.25 bits per heavy atom. The molecule has 1 amide bonds. The molecule has 0 atom stereocenters. The Hall–Kier alpha value is -2.30. The van der Waals surface area contributed by atoms with Crippen molar-refractivity contribution in [2.75, 3.05) is 5.75 Å². The van der Waals surface area contributed by atoms with Crippen LogP contribution in [0.25, 0.3) is 0 Å². The van der Waals surface area contributed by atoms with Crippen molar-refractivity contribution in [3.63, 3.8) is 0 Å². The van der Waals surface area contributed by atoms with E-state index in [0.717, 1.165) is 25.7 Å². The number of alkyl halides is 3. The van der Waals surface area contributed by atoms with E-state index in [1.54, 1.807) is 10.7 Å². The van der Waals surface area contributed by atoms with Gasteiger partial charge in [-0.2, -0.15) is 0 Å². The van der Waals surface area contributed by atoms with Crippen molar-refractivity contribution < 1.29 is 22.7 Å². The van der Waals surface area contributed by atoms with Crippen LogP contribution in [-0.2, 0) is 11.3 Å². The Kier molecular flexibility index (Phi) is 6.76. The van der Waals surface area contributed by atoms with E-state index in [4.69, 9.17) is 0 Å². The van der Waals surface area contributed by atoms with Crippen LogP contribution in [0.15, 0.2) is 29.4 Å². The minimum Gasteiger partial charge on any atom is -0.405 e. The number of nitrogens with one attached hydrogen (secondary N) is 1. The summed E-state index contributed by atoms with van der Waals surface area (Å²) in [5, 5.41) is 14.9. The second kappa shape index (κ2) is 9.26. The third-order valence-corrected chi connectivity index (χ3v) is 5.32. The van der Waals surface area contributed by atoms with E-state index in [2.05, 4.69) is 25.6 Å². The number of thioether (sulfide) groups is 1. The van der Waals surface area contributed by atoms with Gasteiger partial charge in [0, 0.05) is 12.1 Å². The highest BCUT2D eigenvalue weighted by Crippen LogP contribution is 2.30. The number of hydrogen-bond acceptors (Lipinski definition) is 6. The molecule has 3 rings (SSSR count). The number of carbonyl (C=O) groups is 1. The van der Waals surface area contributed by atoms with Crippen LogP contribution in [0.2, 0.25) is 0 Å². The second-order valence-electron chi connectivity index (χ2n) is 6.42. The zero-order valence-corrected chi connectivity index (χ0v) is 15.8. The number of benzene rings is 1. The van der Waals surface area contributed by atoms with Gasteiger partial charge < -0.3 is 10.1 Å². The molecule has 1 saturated carbocycles. The van der Waals surface area contributed by atoms with Gasteiger partial charge in [-0.15, -0.1) is 18.3 Å². The molecule has 1 fully saturated rings. The van der Waals surface area contributed by atoms with E-state index in [9.17, 15) is 18.0 Å². The van der Waals surface area contributed by atoms with E-state index < -0.39 is 6.36 Å². The first-order valence-corrected chi connectivity index (χ1v) is 9.92. The van der Waals surface area contributed by atoms with Gasteiger partial charge in [0.2, 0.25) is 11.1 Å². The van der Waals surface area contributed by atoms with Crippen LogP contribution in [0, 0.1) is 0 Å². The summed E-state index contributed by atoms with van der Waals surface area (Å²) in [6.45, 7) is -0.0702. The molecule has 1 aliphatic carbocycles. The largest absolute Gasteiger partial charge is 0.573 e. The first-order chi connectivity index (χ1) is 13.4. The predicted molar refractivity (Wildman–Crippen MR) is 95.6 cm³/mol. The van der Waals surface area contributed by atoms with Gasteiger partial charge in [0.05, 0.1) is 11.8 Å². The standard InChI is InChI=1S/C17H20F3N5O2S/c18-17(19,20)27-14-9-5-4-6-12(14)10-21-15(26)11-28-16-22-23-24-25(16)13-7-2-1-3-8-13/h4-6,9,13H,1-3,7-8,10-11H2,(H,21,26). The van der Waals surface area contributed by atoms with Crippen LogP contribution in [0.3, 0.4) is 0 Å². The number of tetrazole rings is 1. The summed E-state index contributed by atoms with van der Waals surface area (Å²) >= 11 is 1.21. The number of carbonyl (C=O) groups excluding carboxylic acids is 1. The van der Waals surface area contributed by atoms with Gasteiger partial charge in [-0.3, -0.25) is 4.79 Å². The first-order valence-electron chi connectivity index (χ1n) is 8.93. The van der Waals surface area contributed by atoms with Crippen LogP contribution in [0.5, 0.6) is 5.75 Å². The van der Waals surface area contributed by atoms with E-state index in [1.165, 1.54) is 36.4 Å². The van der Waals surface area contributed by atoms with Crippen LogP contribution in [0.1, 0.15) is 43.7 Å². The summed E-state index contributed by atoms with van der Waals surface area (Å²) in [5.41, 5.74) is 0.241. The van der Waals surface area contributed by atoms with Gasteiger partial charge in [0.15, 0.2) is 0 Å². The molecule has 0 bridgehead atoms. The molecule has 0 aliphatic heterocycles. The molecule has 0 unspecified atom stereocenters. The number of halogens is 3. The summed E-state index contributed by atoms with van der Waals surface area (Å²) in [6, 6.07) is 5.95. The minimum absolute atomic E-state index is 0.0649. The Balaban J connectivity index is 1.52. The molecule has 28 heavy (non-hydrogen) atoms. The molecule has 7 nitrogen and oxygen atoms in total. The second-order valence-corrected chi connectivity index (χ2v) is 7.36. The Morgan fingerprint density at radius 2 is 2.00 bits per heavy atom. The molecular formula is C17H20F3N5O2S. The van der Waals surface area contributed by atoms with E-state index in [1.807, 2.05) is 0 Å². The molecule has 1 aromatic carbocycles. The summed E-state index contributed by atoms with van der Waals surface area (Å²) in [7, 11) is 0. The smallest absolute Gasteiger partial charge is 0.405 e. The lowest BCUT2D eigenvalue weighted by Gasteiger charge is -2.21. The van der Waals surface area contributed by atoms with Crippen LogP contribution in [0.4, 0.5) is 13.2 Å². The average Bonchev–Trinajstić information content (AvgIpc) is 3.14. The molecule has 11 heteroatoms. The molecule has 0 saturated heterocycles. The van der Waals surface area contributed by atoms with E-state index in [0.29, 0.717) is 5.16 Å². The van der Waals surface area contributed by atoms with Crippen molar-refractivity contribution in [2.24, 2.45) is 0 Å². The van der Waals surface area contributed by atoms with Crippen molar-refractivity contribution in [1.82, 2.24) is 25.5 Å². The van der Waals surface area contributed by atoms with Crippen molar-refractivity contribution in [3.8, 4) is 5.75 Å². The lowest BCUT2D eigenvalue weighted by atomic mass is 9.96. The Bertz CT molecular complexity index is 793. The Labute approximate surface area is 164 Å². The zero-order chi connectivity index (χ0) is 20.0. The molecule has 152 valence electrons. The fourth-order valence-electron chi connectivity index (χ4n) is 3.08. The maximum absolute atomic E-state index is 12.5. The highest BCUT2D eigenvalue weighted by molar-refractivity contribution is 7.99.